The number of amides is 1. The van der Waals surface area contributed by atoms with Crippen LogP contribution in [0.4, 0.5) is 0 Å². The van der Waals surface area contributed by atoms with Gasteiger partial charge in [-0.2, -0.15) is 5.26 Å². The van der Waals surface area contributed by atoms with Crippen LogP contribution in [-0.2, 0) is 4.79 Å². The van der Waals surface area contributed by atoms with Crippen molar-refractivity contribution in [2.45, 2.75) is 18.9 Å². The third-order valence-electron chi connectivity index (χ3n) is 1.81. The third kappa shape index (κ3) is 1.92. The molecule has 1 rings (SSSR count). The van der Waals surface area contributed by atoms with E-state index in [4.69, 9.17) is 11.0 Å². The molecule has 60 valence electrons. The number of nitrogens with two attached hydrogens (primary N) is 1. The SMILES string of the molecule is N#CCC(=O)N1CCC(N)C1. The average molecular weight is 153 g/mol. The molecule has 0 aliphatic carbocycles. The molecule has 1 atom stereocenters. The Kier molecular flexibility index (Phi) is 2.44. The first-order valence-electron chi connectivity index (χ1n) is 3.64. The van der Waals surface area contributed by atoms with E-state index in [0.717, 1.165) is 6.42 Å². The van der Waals surface area contributed by atoms with Gasteiger partial charge >= 0.3 is 0 Å². The van der Waals surface area contributed by atoms with Gasteiger partial charge < -0.3 is 10.6 Å². The Morgan fingerprint density at radius 2 is 2.55 bits per heavy atom. The van der Waals surface area contributed by atoms with Crippen LogP contribution >= 0.6 is 0 Å². The van der Waals surface area contributed by atoms with Crippen molar-refractivity contribution in [1.82, 2.24) is 4.90 Å². The fourth-order valence-electron chi connectivity index (χ4n) is 1.19. The number of carbonyl (C=O) groups excluding carboxylic acids is 1. The van der Waals surface area contributed by atoms with Crippen LogP contribution in [0.15, 0.2) is 0 Å². The van der Waals surface area contributed by atoms with Gasteiger partial charge in [0.05, 0.1) is 6.07 Å². The molecule has 1 fully saturated rings. The van der Waals surface area contributed by atoms with Gasteiger partial charge in [0.2, 0.25) is 5.91 Å². The lowest BCUT2D eigenvalue weighted by atomic mass is 10.3. The molecule has 1 heterocycles. The Balaban J connectivity index is 2.38. The van der Waals surface area contributed by atoms with E-state index in [1.54, 1.807) is 4.90 Å². The first-order valence-corrected chi connectivity index (χ1v) is 3.64. The predicted molar refractivity (Wildman–Crippen MR) is 39.4 cm³/mol. The summed E-state index contributed by atoms with van der Waals surface area (Å²) in [7, 11) is 0. The molecule has 0 aromatic heterocycles. The molecule has 4 nitrogen and oxygen atoms in total. The Morgan fingerprint density at radius 3 is 3.00 bits per heavy atom. The summed E-state index contributed by atoms with van der Waals surface area (Å²) in [6.07, 6.45) is 0.837. The molecule has 1 aliphatic heterocycles. The number of nitrogens with zero attached hydrogens (tertiary/aromatic N) is 2. The normalized spacial score (nSPS) is 23.3. The summed E-state index contributed by atoms with van der Waals surface area (Å²) in [5.74, 6) is -0.0968. The maximum absolute atomic E-state index is 11.0. The van der Waals surface area contributed by atoms with Gasteiger partial charge in [-0.15, -0.1) is 0 Å². The highest BCUT2D eigenvalue weighted by atomic mass is 16.2. The Morgan fingerprint density at radius 1 is 1.82 bits per heavy atom. The first kappa shape index (κ1) is 8.02. The molecule has 0 bridgehead atoms. The lowest BCUT2D eigenvalue weighted by Crippen LogP contribution is -2.31. The molecule has 0 aromatic carbocycles. The van der Waals surface area contributed by atoms with E-state index < -0.39 is 0 Å². The van der Waals surface area contributed by atoms with Crippen molar-refractivity contribution in [3.63, 3.8) is 0 Å². The monoisotopic (exact) mass is 153 g/mol. The summed E-state index contributed by atoms with van der Waals surface area (Å²) in [6, 6.07) is 1.94. The number of carbonyl (C=O) groups is 1. The maximum atomic E-state index is 11.0. The number of hydrogen-bond acceptors (Lipinski definition) is 3. The fraction of sp³-hybridized carbons (Fsp3) is 0.714. The minimum atomic E-state index is -0.0968. The van der Waals surface area contributed by atoms with Gasteiger partial charge in [0, 0.05) is 19.1 Å². The summed E-state index contributed by atoms with van der Waals surface area (Å²) in [5.41, 5.74) is 5.58. The van der Waals surface area contributed by atoms with Crippen molar-refractivity contribution in [1.29, 1.82) is 5.26 Å². The van der Waals surface area contributed by atoms with Gasteiger partial charge in [-0.25, -0.2) is 0 Å². The molecule has 1 aliphatic rings. The number of hydrogen-bond donors (Lipinski definition) is 1. The van der Waals surface area contributed by atoms with Crippen LogP contribution in [0.1, 0.15) is 12.8 Å². The van der Waals surface area contributed by atoms with Crippen LogP contribution in [-0.4, -0.2) is 29.9 Å². The quantitative estimate of drug-likeness (QED) is 0.550. The standard InChI is InChI=1S/C7H11N3O/c8-3-1-7(11)10-4-2-6(9)5-10/h6H,1-2,4-5,9H2. The summed E-state index contributed by atoms with van der Waals surface area (Å²) in [6.45, 7) is 1.32. The minimum Gasteiger partial charge on any atom is -0.340 e. The second-order valence-corrected chi connectivity index (χ2v) is 2.72. The Hall–Kier alpha value is -1.08. The number of rotatable bonds is 1. The first-order chi connectivity index (χ1) is 5.24. The smallest absolute Gasteiger partial charge is 0.236 e. The van der Waals surface area contributed by atoms with Crippen LogP contribution in [0.3, 0.4) is 0 Å². The molecule has 1 amide bonds. The maximum Gasteiger partial charge on any atom is 0.236 e. The largest absolute Gasteiger partial charge is 0.340 e. The van der Waals surface area contributed by atoms with Crippen molar-refractivity contribution in [2.24, 2.45) is 5.73 Å². The molecular weight excluding hydrogens is 142 g/mol. The van der Waals surface area contributed by atoms with Gasteiger partial charge in [0.15, 0.2) is 0 Å². The molecule has 1 saturated heterocycles. The fourth-order valence-corrected chi connectivity index (χ4v) is 1.19. The lowest BCUT2D eigenvalue weighted by Gasteiger charge is -2.12. The van der Waals surface area contributed by atoms with Gasteiger partial charge in [-0.05, 0) is 6.42 Å². The van der Waals surface area contributed by atoms with Gasteiger partial charge in [0.1, 0.15) is 6.42 Å². The highest BCUT2D eigenvalue weighted by Gasteiger charge is 2.22. The molecule has 11 heavy (non-hydrogen) atoms. The van der Waals surface area contributed by atoms with E-state index in [1.807, 2.05) is 6.07 Å². The van der Waals surface area contributed by atoms with Crippen molar-refractivity contribution in [3.05, 3.63) is 0 Å². The lowest BCUT2D eigenvalue weighted by molar-refractivity contribution is -0.129. The summed E-state index contributed by atoms with van der Waals surface area (Å²) >= 11 is 0. The molecule has 0 saturated carbocycles. The zero-order valence-electron chi connectivity index (χ0n) is 6.29. The third-order valence-corrected chi connectivity index (χ3v) is 1.81. The highest BCUT2D eigenvalue weighted by Crippen LogP contribution is 2.07. The Labute approximate surface area is 65.6 Å². The second kappa shape index (κ2) is 3.35. The van der Waals surface area contributed by atoms with Crippen molar-refractivity contribution >= 4 is 5.91 Å². The number of likely N-dealkylation sites (tertiary alicyclic amines) is 1. The van der Waals surface area contributed by atoms with Crippen LogP contribution in [0.2, 0.25) is 0 Å². The van der Waals surface area contributed by atoms with Crippen molar-refractivity contribution in [3.8, 4) is 6.07 Å². The zero-order valence-corrected chi connectivity index (χ0v) is 6.29. The van der Waals surface area contributed by atoms with E-state index in [0.29, 0.717) is 13.1 Å². The van der Waals surface area contributed by atoms with Gasteiger partial charge in [-0.3, -0.25) is 4.79 Å². The second-order valence-electron chi connectivity index (χ2n) is 2.72. The molecular formula is C7H11N3O. The van der Waals surface area contributed by atoms with Gasteiger partial charge in [0.25, 0.3) is 0 Å². The highest BCUT2D eigenvalue weighted by molar-refractivity contribution is 5.78. The van der Waals surface area contributed by atoms with E-state index in [9.17, 15) is 4.79 Å². The molecule has 1 unspecified atom stereocenters. The summed E-state index contributed by atoms with van der Waals surface area (Å²) in [4.78, 5) is 12.7. The minimum absolute atomic E-state index is 0.0211. The molecule has 2 N–H and O–H groups in total. The van der Waals surface area contributed by atoms with Crippen LogP contribution in [0.5, 0.6) is 0 Å². The summed E-state index contributed by atoms with van der Waals surface area (Å²) in [5, 5.41) is 8.23. The van der Waals surface area contributed by atoms with E-state index in [1.165, 1.54) is 0 Å². The molecule has 0 aromatic rings. The zero-order chi connectivity index (χ0) is 8.27. The molecule has 0 spiro atoms. The topological polar surface area (TPSA) is 70.1 Å². The predicted octanol–water partition coefficient (Wildman–Crippen LogP) is -0.540. The number of nitriles is 1. The van der Waals surface area contributed by atoms with E-state index in [-0.39, 0.29) is 18.4 Å². The van der Waals surface area contributed by atoms with E-state index in [2.05, 4.69) is 0 Å². The molecule has 4 heteroatoms. The van der Waals surface area contributed by atoms with Crippen LogP contribution in [0.25, 0.3) is 0 Å². The van der Waals surface area contributed by atoms with Crippen LogP contribution < -0.4 is 5.73 Å². The van der Waals surface area contributed by atoms with Gasteiger partial charge in [-0.1, -0.05) is 0 Å². The Bertz CT molecular complexity index is 196. The average Bonchev–Trinajstić information content (AvgIpc) is 2.36. The molecule has 0 radical (unpaired) electrons. The van der Waals surface area contributed by atoms with Crippen molar-refractivity contribution in [2.75, 3.05) is 13.1 Å². The van der Waals surface area contributed by atoms with E-state index >= 15 is 0 Å². The van der Waals surface area contributed by atoms with Crippen LogP contribution in [0, 0.1) is 11.3 Å². The van der Waals surface area contributed by atoms with Crippen molar-refractivity contribution < 1.29 is 4.79 Å². The summed E-state index contributed by atoms with van der Waals surface area (Å²) < 4.78 is 0.